The SMILES string of the molecule is CCCCCc1ccc([C@H]2CC[C@H](CCCC[C@H]3CC[C@H](CC/C=C/C#N)CC3)CC2)cc1. The number of rotatable bonds is 13. The van der Waals surface area contributed by atoms with E-state index in [-0.39, 0.29) is 0 Å². The first kappa shape index (κ1) is 26.1. The average molecular weight is 448 g/mol. The Morgan fingerprint density at radius 2 is 1.33 bits per heavy atom. The summed E-state index contributed by atoms with van der Waals surface area (Å²) in [4.78, 5) is 0. The minimum absolute atomic E-state index is 0.816. The molecule has 1 aromatic rings. The van der Waals surface area contributed by atoms with Gasteiger partial charge in [0.05, 0.1) is 6.07 Å². The van der Waals surface area contributed by atoms with Crippen molar-refractivity contribution in [1.29, 1.82) is 5.26 Å². The van der Waals surface area contributed by atoms with Gasteiger partial charge in [0.2, 0.25) is 0 Å². The van der Waals surface area contributed by atoms with Gasteiger partial charge in [0, 0.05) is 6.08 Å². The lowest BCUT2D eigenvalue weighted by molar-refractivity contribution is 0.244. The molecule has 1 aromatic carbocycles. The molecule has 3 rings (SSSR count). The summed E-state index contributed by atoms with van der Waals surface area (Å²) in [6.07, 6.45) is 28.7. The molecule has 33 heavy (non-hydrogen) atoms. The molecule has 0 radical (unpaired) electrons. The fourth-order valence-electron chi connectivity index (χ4n) is 6.46. The van der Waals surface area contributed by atoms with Crippen LogP contribution in [0.15, 0.2) is 36.4 Å². The van der Waals surface area contributed by atoms with Crippen LogP contribution in [0.25, 0.3) is 0 Å². The number of nitrogens with zero attached hydrogens (tertiary/aromatic N) is 1. The summed E-state index contributed by atoms with van der Waals surface area (Å²) in [5.74, 6) is 3.72. The molecule has 0 unspecified atom stereocenters. The summed E-state index contributed by atoms with van der Waals surface area (Å²) < 4.78 is 0. The van der Waals surface area contributed by atoms with Gasteiger partial charge in [0.1, 0.15) is 0 Å². The van der Waals surface area contributed by atoms with Crippen LogP contribution < -0.4 is 0 Å². The fraction of sp³-hybridized carbons (Fsp3) is 0.719. The topological polar surface area (TPSA) is 23.8 Å². The van der Waals surface area contributed by atoms with Crippen LogP contribution in [-0.4, -0.2) is 0 Å². The zero-order chi connectivity index (χ0) is 23.1. The highest BCUT2D eigenvalue weighted by Gasteiger charge is 2.23. The van der Waals surface area contributed by atoms with Gasteiger partial charge in [-0.05, 0) is 86.2 Å². The van der Waals surface area contributed by atoms with Crippen molar-refractivity contribution >= 4 is 0 Å². The van der Waals surface area contributed by atoms with E-state index in [0.717, 1.165) is 30.1 Å². The minimum Gasteiger partial charge on any atom is -0.193 e. The van der Waals surface area contributed by atoms with Gasteiger partial charge in [-0.15, -0.1) is 0 Å². The largest absolute Gasteiger partial charge is 0.193 e. The zero-order valence-corrected chi connectivity index (χ0v) is 21.4. The number of aryl methyl sites for hydroxylation is 1. The first-order valence-electron chi connectivity index (χ1n) is 14.4. The predicted octanol–water partition coefficient (Wildman–Crippen LogP) is 9.92. The summed E-state index contributed by atoms with van der Waals surface area (Å²) in [5, 5.41) is 8.58. The Labute approximate surface area is 205 Å². The maximum Gasteiger partial charge on any atom is 0.0908 e. The van der Waals surface area contributed by atoms with Crippen LogP contribution in [0.2, 0.25) is 0 Å². The molecule has 0 saturated heterocycles. The third-order valence-electron chi connectivity index (χ3n) is 8.74. The molecule has 2 fully saturated rings. The number of allylic oxidation sites excluding steroid dienone is 2. The average Bonchev–Trinajstić information content (AvgIpc) is 2.86. The molecule has 1 nitrogen and oxygen atoms in total. The van der Waals surface area contributed by atoms with Crippen molar-refractivity contribution < 1.29 is 0 Å². The van der Waals surface area contributed by atoms with Crippen molar-refractivity contribution in [3.05, 3.63) is 47.5 Å². The standard InChI is InChI=1S/C32H49N/c1-2-3-5-10-29-18-22-31(23-19-29)32-24-20-30(21-25-32)13-8-7-12-28-16-14-27(15-17-28)11-6-4-9-26-33/h4,9,18-19,22-23,27-28,30,32H,2-3,5-8,10-17,20-21,24-25H2,1H3/b9-4+/t27-,28-,30-,32-. The Balaban J connectivity index is 1.23. The fourth-order valence-corrected chi connectivity index (χ4v) is 6.46. The van der Waals surface area contributed by atoms with Crippen LogP contribution in [0.4, 0.5) is 0 Å². The first-order valence-corrected chi connectivity index (χ1v) is 14.4. The van der Waals surface area contributed by atoms with Crippen molar-refractivity contribution in [1.82, 2.24) is 0 Å². The normalized spacial score (nSPS) is 25.8. The van der Waals surface area contributed by atoms with Gasteiger partial charge in [-0.1, -0.05) is 101 Å². The summed E-state index contributed by atoms with van der Waals surface area (Å²) >= 11 is 0. The molecule has 0 aromatic heterocycles. The van der Waals surface area contributed by atoms with E-state index in [4.69, 9.17) is 5.26 Å². The Bertz CT molecular complexity index is 693. The van der Waals surface area contributed by atoms with Crippen LogP contribution in [-0.2, 0) is 6.42 Å². The van der Waals surface area contributed by atoms with Crippen molar-refractivity contribution in [3.63, 3.8) is 0 Å². The summed E-state index contributed by atoms with van der Waals surface area (Å²) in [5.41, 5.74) is 3.13. The lowest BCUT2D eigenvalue weighted by Gasteiger charge is -2.30. The summed E-state index contributed by atoms with van der Waals surface area (Å²) in [6, 6.07) is 11.8. The van der Waals surface area contributed by atoms with E-state index in [1.54, 1.807) is 11.6 Å². The van der Waals surface area contributed by atoms with Gasteiger partial charge < -0.3 is 0 Å². The molecule has 0 heterocycles. The Kier molecular flexibility index (Phi) is 12.1. The second-order valence-corrected chi connectivity index (χ2v) is 11.2. The molecule has 1 heteroatoms. The number of nitriles is 1. The van der Waals surface area contributed by atoms with Gasteiger partial charge in [-0.3, -0.25) is 0 Å². The summed E-state index contributed by atoms with van der Waals surface area (Å²) in [7, 11) is 0. The quantitative estimate of drug-likeness (QED) is 0.218. The lowest BCUT2D eigenvalue weighted by Crippen LogP contribution is -2.15. The molecule has 0 N–H and O–H groups in total. The zero-order valence-electron chi connectivity index (χ0n) is 21.4. The molecular formula is C32H49N. The van der Waals surface area contributed by atoms with Gasteiger partial charge in [-0.2, -0.15) is 5.26 Å². The van der Waals surface area contributed by atoms with Crippen molar-refractivity contribution in [2.75, 3.05) is 0 Å². The van der Waals surface area contributed by atoms with E-state index in [1.807, 2.05) is 6.08 Å². The molecule has 0 aliphatic heterocycles. The van der Waals surface area contributed by atoms with E-state index in [1.165, 1.54) is 115 Å². The monoisotopic (exact) mass is 447 g/mol. The van der Waals surface area contributed by atoms with Crippen molar-refractivity contribution in [3.8, 4) is 6.07 Å². The maximum absolute atomic E-state index is 8.58. The molecule has 2 aliphatic rings. The van der Waals surface area contributed by atoms with Crippen molar-refractivity contribution in [2.24, 2.45) is 17.8 Å². The molecule has 2 aliphatic carbocycles. The number of hydrogen-bond acceptors (Lipinski definition) is 1. The van der Waals surface area contributed by atoms with E-state index in [0.29, 0.717) is 0 Å². The van der Waals surface area contributed by atoms with E-state index >= 15 is 0 Å². The van der Waals surface area contributed by atoms with E-state index < -0.39 is 0 Å². The second-order valence-electron chi connectivity index (χ2n) is 11.2. The Morgan fingerprint density at radius 3 is 1.91 bits per heavy atom. The van der Waals surface area contributed by atoms with Gasteiger partial charge >= 0.3 is 0 Å². The third kappa shape index (κ3) is 9.68. The Morgan fingerprint density at radius 1 is 0.758 bits per heavy atom. The van der Waals surface area contributed by atoms with Crippen LogP contribution in [0, 0.1) is 29.1 Å². The molecular weight excluding hydrogens is 398 g/mol. The Hall–Kier alpha value is -1.55. The van der Waals surface area contributed by atoms with Gasteiger partial charge in [0.15, 0.2) is 0 Å². The highest BCUT2D eigenvalue weighted by atomic mass is 14.3. The van der Waals surface area contributed by atoms with Crippen LogP contribution in [0.5, 0.6) is 0 Å². The molecule has 0 spiro atoms. The molecule has 0 amide bonds. The predicted molar refractivity (Wildman–Crippen MR) is 142 cm³/mol. The number of hydrogen-bond donors (Lipinski definition) is 0. The molecule has 182 valence electrons. The van der Waals surface area contributed by atoms with E-state index in [2.05, 4.69) is 37.3 Å². The molecule has 0 atom stereocenters. The summed E-state index contributed by atoms with van der Waals surface area (Å²) in [6.45, 7) is 2.28. The highest BCUT2D eigenvalue weighted by Crippen LogP contribution is 2.39. The number of benzene rings is 1. The van der Waals surface area contributed by atoms with Crippen LogP contribution in [0.3, 0.4) is 0 Å². The highest BCUT2D eigenvalue weighted by molar-refractivity contribution is 5.26. The van der Waals surface area contributed by atoms with Crippen molar-refractivity contribution in [2.45, 2.75) is 128 Å². The molecule has 2 saturated carbocycles. The van der Waals surface area contributed by atoms with Crippen LogP contribution in [0.1, 0.15) is 133 Å². The second kappa shape index (κ2) is 15.4. The number of unbranched alkanes of at least 4 members (excludes halogenated alkanes) is 3. The minimum atomic E-state index is 0.816. The lowest BCUT2D eigenvalue weighted by atomic mass is 9.76. The first-order chi connectivity index (χ1) is 16.3. The smallest absolute Gasteiger partial charge is 0.0908 e. The molecule has 0 bridgehead atoms. The van der Waals surface area contributed by atoms with Crippen LogP contribution >= 0.6 is 0 Å². The van der Waals surface area contributed by atoms with E-state index in [9.17, 15) is 0 Å². The third-order valence-corrected chi connectivity index (χ3v) is 8.74. The van der Waals surface area contributed by atoms with Gasteiger partial charge in [-0.25, -0.2) is 0 Å². The van der Waals surface area contributed by atoms with Gasteiger partial charge in [0.25, 0.3) is 0 Å². The maximum atomic E-state index is 8.58.